The molecule has 0 amide bonds. The quantitative estimate of drug-likeness (QED) is 0.340. The molecule has 2 nitrogen and oxygen atoms in total. The molecule has 1 aliphatic rings. The van der Waals surface area contributed by atoms with Crippen molar-refractivity contribution >= 4 is 6.21 Å². The molecular weight excluding hydrogens is 342 g/mol. The molecule has 1 aliphatic carbocycles. The predicted molar refractivity (Wildman–Crippen MR) is 117 cm³/mol. The number of rotatable bonds is 6. The van der Waals surface area contributed by atoms with Gasteiger partial charge in [-0.2, -0.15) is 0 Å². The lowest BCUT2D eigenvalue weighted by Gasteiger charge is -2.21. The molecule has 0 aliphatic heterocycles. The molecule has 0 N–H and O–H groups in total. The van der Waals surface area contributed by atoms with Crippen molar-refractivity contribution in [3.05, 3.63) is 95.6 Å². The van der Waals surface area contributed by atoms with Gasteiger partial charge in [0, 0.05) is 0 Å². The Labute approximate surface area is 167 Å². The number of nitrogens with zero attached hydrogens (tertiary/aromatic N) is 1. The van der Waals surface area contributed by atoms with Crippen molar-refractivity contribution in [3.8, 4) is 11.1 Å². The van der Waals surface area contributed by atoms with E-state index in [0.717, 1.165) is 17.0 Å². The second-order valence-corrected chi connectivity index (χ2v) is 7.58. The van der Waals surface area contributed by atoms with Gasteiger partial charge in [-0.3, -0.25) is 0 Å². The number of oxime groups is 1. The molecule has 3 aromatic carbocycles. The van der Waals surface area contributed by atoms with Gasteiger partial charge in [-0.25, -0.2) is 0 Å². The van der Waals surface area contributed by atoms with E-state index in [4.69, 9.17) is 4.84 Å². The van der Waals surface area contributed by atoms with E-state index in [1.165, 1.54) is 48.8 Å². The summed E-state index contributed by atoms with van der Waals surface area (Å²) in [7, 11) is 0. The van der Waals surface area contributed by atoms with E-state index in [9.17, 15) is 0 Å². The van der Waals surface area contributed by atoms with Gasteiger partial charge in [0.15, 0.2) is 0 Å². The van der Waals surface area contributed by atoms with Gasteiger partial charge >= 0.3 is 0 Å². The molecule has 4 rings (SSSR count). The fourth-order valence-electron chi connectivity index (χ4n) is 3.97. The van der Waals surface area contributed by atoms with Crippen LogP contribution in [0, 0.1) is 0 Å². The van der Waals surface area contributed by atoms with E-state index in [0.29, 0.717) is 6.61 Å². The first-order chi connectivity index (χ1) is 13.9. The number of hydrogen-bond acceptors (Lipinski definition) is 2. The fraction of sp³-hybridized carbons (Fsp3) is 0.269. The van der Waals surface area contributed by atoms with Crippen LogP contribution in [0.25, 0.3) is 11.1 Å². The van der Waals surface area contributed by atoms with Crippen molar-refractivity contribution in [2.24, 2.45) is 5.16 Å². The van der Waals surface area contributed by atoms with Gasteiger partial charge in [0.25, 0.3) is 0 Å². The molecule has 0 unspecified atom stereocenters. The van der Waals surface area contributed by atoms with Gasteiger partial charge in [0.2, 0.25) is 0 Å². The molecule has 0 bridgehead atoms. The van der Waals surface area contributed by atoms with Crippen LogP contribution < -0.4 is 0 Å². The van der Waals surface area contributed by atoms with Crippen molar-refractivity contribution in [1.82, 2.24) is 0 Å². The third-order valence-electron chi connectivity index (χ3n) is 5.55. The largest absolute Gasteiger partial charge is 0.391 e. The van der Waals surface area contributed by atoms with Crippen LogP contribution in [0.5, 0.6) is 0 Å². The van der Waals surface area contributed by atoms with Crippen LogP contribution in [0.4, 0.5) is 0 Å². The summed E-state index contributed by atoms with van der Waals surface area (Å²) in [5.41, 5.74) is 6.08. The zero-order valence-corrected chi connectivity index (χ0v) is 16.3. The SMILES string of the molecule is C(=NOCc1cccc(-c2ccccc2)c1)c1ccc(C2CCCCC2)cc1. The maximum Gasteiger partial charge on any atom is 0.142 e. The Bertz CT molecular complexity index is 893. The normalized spacial score (nSPS) is 15.0. The summed E-state index contributed by atoms with van der Waals surface area (Å²) in [5, 5.41) is 4.16. The number of hydrogen-bond donors (Lipinski definition) is 0. The molecule has 0 saturated heterocycles. The first-order valence-electron chi connectivity index (χ1n) is 10.3. The van der Waals surface area contributed by atoms with Crippen molar-refractivity contribution in [3.63, 3.8) is 0 Å². The summed E-state index contributed by atoms with van der Waals surface area (Å²) in [6, 6.07) is 27.6. The summed E-state index contributed by atoms with van der Waals surface area (Å²) in [6.45, 7) is 0.470. The summed E-state index contributed by atoms with van der Waals surface area (Å²) >= 11 is 0. The molecule has 0 aromatic heterocycles. The Morgan fingerprint density at radius 3 is 2.32 bits per heavy atom. The lowest BCUT2D eigenvalue weighted by atomic mass is 9.84. The average molecular weight is 370 g/mol. The van der Waals surface area contributed by atoms with Crippen LogP contribution in [0.1, 0.15) is 54.7 Å². The zero-order valence-electron chi connectivity index (χ0n) is 16.3. The van der Waals surface area contributed by atoms with Gasteiger partial charge in [-0.05, 0) is 52.6 Å². The summed E-state index contributed by atoms with van der Waals surface area (Å²) in [5.74, 6) is 0.743. The highest BCUT2D eigenvalue weighted by molar-refractivity contribution is 5.79. The summed E-state index contributed by atoms with van der Waals surface area (Å²) < 4.78 is 0. The van der Waals surface area contributed by atoms with Crippen LogP contribution in [0.2, 0.25) is 0 Å². The highest BCUT2D eigenvalue weighted by Gasteiger charge is 2.14. The van der Waals surface area contributed by atoms with Gasteiger partial charge < -0.3 is 4.84 Å². The minimum atomic E-state index is 0.470. The van der Waals surface area contributed by atoms with E-state index >= 15 is 0 Å². The molecule has 2 heteroatoms. The minimum absolute atomic E-state index is 0.470. The molecule has 1 saturated carbocycles. The lowest BCUT2D eigenvalue weighted by molar-refractivity contribution is 0.132. The molecule has 0 spiro atoms. The number of benzene rings is 3. The molecule has 1 fully saturated rings. The standard InChI is InChI=1S/C26H27NO/c1-3-9-23(10-4-1)25-16-14-21(15-17-25)19-27-28-20-22-8-7-13-26(18-22)24-11-5-2-6-12-24/h2,5-8,11-19,23H,1,3-4,9-10,20H2. The second-order valence-electron chi connectivity index (χ2n) is 7.58. The molecule has 0 atom stereocenters. The third-order valence-corrected chi connectivity index (χ3v) is 5.55. The van der Waals surface area contributed by atoms with Gasteiger partial charge in [-0.15, -0.1) is 0 Å². The maximum absolute atomic E-state index is 5.53. The van der Waals surface area contributed by atoms with Crippen molar-refractivity contribution in [2.45, 2.75) is 44.6 Å². The molecular formula is C26H27NO. The summed E-state index contributed by atoms with van der Waals surface area (Å²) in [4.78, 5) is 5.53. The van der Waals surface area contributed by atoms with E-state index in [-0.39, 0.29) is 0 Å². The van der Waals surface area contributed by atoms with E-state index in [1.54, 1.807) is 6.21 Å². The average Bonchev–Trinajstić information content (AvgIpc) is 2.79. The maximum atomic E-state index is 5.53. The first-order valence-corrected chi connectivity index (χ1v) is 10.3. The Kier molecular flexibility index (Phi) is 6.18. The predicted octanol–water partition coefficient (Wildman–Crippen LogP) is 6.95. The zero-order chi connectivity index (χ0) is 19.0. The molecule has 3 aromatic rings. The third kappa shape index (κ3) is 4.89. The highest BCUT2D eigenvalue weighted by atomic mass is 16.6. The highest BCUT2D eigenvalue weighted by Crippen LogP contribution is 2.32. The molecule has 0 radical (unpaired) electrons. The summed E-state index contributed by atoms with van der Waals surface area (Å²) in [6.07, 6.45) is 8.59. The van der Waals surface area contributed by atoms with Crippen molar-refractivity contribution in [2.75, 3.05) is 0 Å². The van der Waals surface area contributed by atoms with Crippen molar-refractivity contribution in [1.29, 1.82) is 0 Å². The fourth-order valence-corrected chi connectivity index (χ4v) is 3.97. The second kappa shape index (κ2) is 9.36. The van der Waals surface area contributed by atoms with Crippen LogP contribution in [0.15, 0.2) is 84.0 Å². The van der Waals surface area contributed by atoms with Crippen LogP contribution in [-0.4, -0.2) is 6.21 Å². The van der Waals surface area contributed by atoms with E-state index in [2.05, 4.69) is 78.0 Å². The first kappa shape index (κ1) is 18.5. The molecule has 142 valence electrons. The lowest BCUT2D eigenvalue weighted by Crippen LogP contribution is -2.04. The Hall–Kier alpha value is -2.87. The van der Waals surface area contributed by atoms with E-state index < -0.39 is 0 Å². The Morgan fingerprint density at radius 2 is 1.54 bits per heavy atom. The van der Waals surface area contributed by atoms with Gasteiger partial charge in [0.1, 0.15) is 6.61 Å². The van der Waals surface area contributed by atoms with Crippen LogP contribution in [-0.2, 0) is 11.4 Å². The van der Waals surface area contributed by atoms with Crippen LogP contribution >= 0.6 is 0 Å². The smallest absolute Gasteiger partial charge is 0.142 e. The Balaban J connectivity index is 1.32. The topological polar surface area (TPSA) is 21.6 Å². The molecule has 0 heterocycles. The van der Waals surface area contributed by atoms with Crippen LogP contribution in [0.3, 0.4) is 0 Å². The molecule has 28 heavy (non-hydrogen) atoms. The van der Waals surface area contributed by atoms with Gasteiger partial charge in [-0.1, -0.05) is 97.2 Å². The van der Waals surface area contributed by atoms with Gasteiger partial charge in [0.05, 0.1) is 6.21 Å². The minimum Gasteiger partial charge on any atom is -0.391 e. The Morgan fingerprint density at radius 1 is 0.786 bits per heavy atom. The van der Waals surface area contributed by atoms with Crippen molar-refractivity contribution < 1.29 is 4.84 Å². The monoisotopic (exact) mass is 369 g/mol. The van der Waals surface area contributed by atoms with E-state index in [1.807, 2.05) is 6.07 Å².